The fourth-order valence-corrected chi connectivity index (χ4v) is 3.11. The lowest BCUT2D eigenvalue weighted by atomic mass is 9.79. The number of hydrogen-bond donors (Lipinski definition) is 1. The summed E-state index contributed by atoms with van der Waals surface area (Å²) in [5, 5.41) is 10.5. The van der Waals surface area contributed by atoms with E-state index in [0.29, 0.717) is 22.9 Å². The number of hydrogen-bond acceptors (Lipinski definition) is 1. The van der Waals surface area contributed by atoms with Crippen LogP contribution >= 0.6 is 27.5 Å². The zero-order chi connectivity index (χ0) is 11.8. The largest absolute Gasteiger partial charge is 0.385 e. The van der Waals surface area contributed by atoms with Crippen LogP contribution in [0.5, 0.6) is 0 Å². The van der Waals surface area contributed by atoms with Gasteiger partial charge in [-0.05, 0) is 25.0 Å². The van der Waals surface area contributed by atoms with E-state index < -0.39 is 11.4 Å². The maximum Gasteiger partial charge on any atom is 0.147 e. The van der Waals surface area contributed by atoms with Crippen LogP contribution in [0, 0.1) is 5.82 Å². The van der Waals surface area contributed by atoms with E-state index in [1.165, 1.54) is 6.07 Å². The van der Waals surface area contributed by atoms with E-state index in [1.807, 2.05) is 0 Å². The van der Waals surface area contributed by atoms with Gasteiger partial charge in [-0.3, -0.25) is 0 Å². The van der Waals surface area contributed by atoms with Crippen molar-refractivity contribution in [1.29, 1.82) is 0 Å². The van der Waals surface area contributed by atoms with Crippen molar-refractivity contribution in [2.75, 3.05) is 0 Å². The molecule has 0 aromatic heterocycles. The lowest BCUT2D eigenvalue weighted by Gasteiger charge is -2.33. The van der Waals surface area contributed by atoms with E-state index in [2.05, 4.69) is 15.9 Å². The summed E-state index contributed by atoms with van der Waals surface area (Å²) in [5.41, 5.74) is -0.720. The van der Waals surface area contributed by atoms with Crippen molar-refractivity contribution in [2.45, 2.75) is 37.7 Å². The van der Waals surface area contributed by atoms with Gasteiger partial charge in [-0.25, -0.2) is 4.39 Å². The third-order valence-corrected chi connectivity index (χ3v) is 3.91. The molecule has 1 nitrogen and oxygen atoms in total. The molecule has 1 aliphatic carbocycles. The van der Waals surface area contributed by atoms with Gasteiger partial charge in [0.25, 0.3) is 0 Å². The predicted molar refractivity (Wildman–Crippen MR) is 66.1 cm³/mol. The monoisotopic (exact) mass is 306 g/mol. The molecule has 1 aromatic rings. The zero-order valence-electron chi connectivity index (χ0n) is 8.77. The smallest absolute Gasteiger partial charge is 0.147 e. The van der Waals surface area contributed by atoms with Crippen molar-refractivity contribution >= 4 is 27.5 Å². The Morgan fingerprint density at radius 2 is 1.88 bits per heavy atom. The molecule has 0 heterocycles. The van der Waals surface area contributed by atoms with Gasteiger partial charge in [-0.1, -0.05) is 46.8 Å². The lowest BCUT2D eigenvalue weighted by molar-refractivity contribution is -0.00377. The van der Waals surface area contributed by atoms with E-state index in [0.717, 1.165) is 19.3 Å². The molecule has 16 heavy (non-hydrogen) atoms. The van der Waals surface area contributed by atoms with Gasteiger partial charge < -0.3 is 5.11 Å². The van der Waals surface area contributed by atoms with Gasteiger partial charge >= 0.3 is 0 Å². The molecule has 0 aliphatic heterocycles. The summed E-state index contributed by atoms with van der Waals surface area (Å²) in [6.45, 7) is 0. The van der Waals surface area contributed by atoms with E-state index in [-0.39, 0.29) is 5.02 Å². The molecular formula is C12H13BrClFO. The summed E-state index contributed by atoms with van der Waals surface area (Å²) in [7, 11) is 0. The number of benzene rings is 1. The molecule has 0 spiro atoms. The first-order chi connectivity index (χ1) is 7.53. The van der Waals surface area contributed by atoms with Crippen molar-refractivity contribution in [3.8, 4) is 0 Å². The van der Waals surface area contributed by atoms with E-state index in [1.54, 1.807) is 6.07 Å². The average Bonchev–Trinajstić information content (AvgIpc) is 2.24. The molecule has 2 rings (SSSR count). The summed E-state index contributed by atoms with van der Waals surface area (Å²) in [6.07, 6.45) is 4.18. The third kappa shape index (κ3) is 2.27. The van der Waals surface area contributed by atoms with Crippen LogP contribution in [0.2, 0.25) is 5.02 Å². The molecule has 1 saturated carbocycles. The molecule has 0 radical (unpaired) electrons. The van der Waals surface area contributed by atoms with Gasteiger partial charge in [0.15, 0.2) is 0 Å². The quantitative estimate of drug-likeness (QED) is 0.763. The Morgan fingerprint density at radius 1 is 1.25 bits per heavy atom. The lowest BCUT2D eigenvalue weighted by Crippen LogP contribution is -2.29. The molecule has 1 N–H and O–H groups in total. The second-order valence-electron chi connectivity index (χ2n) is 4.34. The molecule has 0 unspecified atom stereocenters. The summed E-state index contributed by atoms with van der Waals surface area (Å²) < 4.78 is 14.6. The summed E-state index contributed by atoms with van der Waals surface area (Å²) in [4.78, 5) is 0. The molecule has 1 fully saturated rings. The maximum atomic E-state index is 13.9. The van der Waals surface area contributed by atoms with Crippen LogP contribution in [0.15, 0.2) is 16.6 Å². The van der Waals surface area contributed by atoms with Gasteiger partial charge in [0.1, 0.15) is 5.82 Å². The second kappa shape index (κ2) is 4.63. The Bertz CT molecular complexity index is 402. The highest BCUT2D eigenvalue weighted by atomic mass is 79.9. The standard InChI is InChI=1S/C12H13BrClFO/c13-8-6-9(11(15)10(14)7-8)12(16)4-2-1-3-5-12/h6-7,16H,1-5H2. The second-order valence-corrected chi connectivity index (χ2v) is 5.66. The minimum atomic E-state index is -1.05. The molecule has 1 aliphatic rings. The SMILES string of the molecule is OC1(c2cc(Br)cc(Cl)c2F)CCCCC1. The van der Waals surface area contributed by atoms with Gasteiger partial charge in [-0.2, -0.15) is 0 Å². The van der Waals surface area contributed by atoms with Crippen molar-refractivity contribution in [2.24, 2.45) is 0 Å². The fraction of sp³-hybridized carbons (Fsp3) is 0.500. The van der Waals surface area contributed by atoms with Crippen LogP contribution < -0.4 is 0 Å². The van der Waals surface area contributed by atoms with Gasteiger partial charge in [0.05, 0.1) is 10.6 Å². The molecule has 0 saturated heterocycles. The van der Waals surface area contributed by atoms with Gasteiger partial charge in [-0.15, -0.1) is 0 Å². The molecule has 0 amide bonds. The number of rotatable bonds is 1. The minimum Gasteiger partial charge on any atom is -0.385 e. The maximum absolute atomic E-state index is 13.9. The van der Waals surface area contributed by atoms with Crippen molar-refractivity contribution in [3.05, 3.63) is 33.0 Å². The predicted octanol–water partition coefficient (Wildman–Crippen LogP) is 4.39. The van der Waals surface area contributed by atoms with E-state index in [9.17, 15) is 9.50 Å². The third-order valence-electron chi connectivity index (χ3n) is 3.18. The fourth-order valence-electron chi connectivity index (χ4n) is 2.30. The number of aliphatic hydroxyl groups is 1. The van der Waals surface area contributed by atoms with Crippen molar-refractivity contribution in [1.82, 2.24) is 0 Å². The molecular weight excluding hydrogens is 294 g/mol. The highest BCUT2D eigenvalue weighted by molar-refractivity contribution is 9.10. The zero-order valence-corrected chi connectivity index (χ0v) is 11.1. The Hall–Kier alpha value is -0.120. The van der Waals surface area contributed by atoms with Crippen LogP contribution in [0.3, 0.4) is 0 Å². The number of halogens is 3. The van der Waals surface area contributed by atoms with Crippen LogP contribution in [0.25, 0.3) is 0 Å². The van der Waals surface area contributed by atoms with Gasteiger partial charge in [0, 0.05) is 10.0 Å². The molecule has 0 bridgehead atoms. The van der Waals surface area contributed by atoms with Gasteiger partial charge in [0.2, 0.25) is 0 Å². The molecule has 0 atom stereocenters. The van der Waals surface area contributed by atoms with E-state index in [4.69, 9.17) is 11.6 Å². The van der Waals surface area contributed by atoms with Crippen LogP contribution in [0.1, 0.15) is 37.7 Å². The van der Waals surface area contributed by atoms with Crippen molar-refractivity contribution in [3.63, 3.8) is 0 Å². The Balaban J connectivity index is 2.45. The Kier molecular flexibility index (Phi) is 3.57. The average molecular weight is 308 g/mol. The molecule has 4 heteroatoms. The first-order valence-corrected chi connectivity index (χ1v) is 6.57. The van der Waals surface area contributed by atoms with Crippen molar-refractivity contribution < 1.29 is 9.50 Å². The summed E-state index contributed by atoms with van der Waals surface area (Å²) in [5.74, 6) is -0.491. The molecule has 88 valence electrons. The Labute approximate surface area is 108 Å². The highest BCUT2D eigenvalue weighted by Crippen LogP contribution is 2.40. The highest BCUT2D eigenvalue weighted by Gasteiger charge is 2.34. The normalized spacial score (nSPS) is 19.8. The first kappa shape index (κ1) is 12.3. The van der Waals surface area contributed by atoms with Crippen LogP contribution in [-0.4, -0.2) is 5.11 Å². The summed E-state index contributed by atoms with van der Waals surface area (Å²) in [6, 6.07) is 3.14. The Morgan fingerprint density at radius 3 is 2.50 bits per heavy atom. The summed E-state index contributed by atoms with van der Waals surface area (Å²) >= 11 is 9.06. The topological polar surface area (TPSA) is 20.2 Å². The molecule has 1 aromatic carbocycles. The minimum absolute atomic E-state index is 0.0587. The van der Waals surface area contributed by atoms with E-state index >= 15 is 0 Å². The van der Waals surface area contributed by atoms with Crippen LogP contribution in [0.4, 0.5) is 4.39 Å². The van der Waals surface area contributed by atoms with Crippen LogP contribution in [-0.2, 0) is 5.60 Å². The first-order valence-electron chi connectivity index (χ1n) is 5.40.